The molecule has 6 heteroatoms. The van der Waals surface area contributed by atoms with Gasteiger partial charge in [-0.1, -0.05) is 42.5 Å². The Labute approximate surface area is 190 Å². The zero-order valence-electron chi connectivity index (χ0n) is 17.4. The third kappa shape index (κ3) is 6.14. The summed E-state index contributed by atoms with van der Waals surface area (Å²) in [4.78, 5) is 30.1. The van der Waals surface area contributed by atoms with Crippen LogP contribution in [0.2, 0.25) is 0 Å². The molecule has 1 N–H and O–H groups in total. The fourth-order valence-corrected chi connectivity index (χ4v) is 3.26. The van der Waals surface area contributed by atoms with E-state index >= 15 is 0 Å². The normalized spacial score (nSPS) is 12.1. The summed E-state index contributed by atoms with van der Waals surface area (Å²) in [6.07, 6.45) is 0. The van der Waals surface area contributed by atoms with E-state index in [9.17, 15) is 9.59 Å². The second-order valence-corrected chi connectivity index (χ2v) is 7.74. The SMILES string of the molecule is COC([Se])=Nc1ccc(CNC(=O)C(C)c2cccc(C(=O)c3ccccc3)c2)cc1. The number of carbonyl (C=O) groups excluding carboxylic acids is 2. The van der Waals surface area contributed by atoms with Gasteiger partial charge in [0.25, 0.3) is 0 Å². The van der Waals surface area contributed by atoms with E-state index < -0.39 is 0 Å². The number of benzene rings is 3. The first kappa shape index (κ1) is 22.5. The van der Waals surface area contributed by atoms with Gasteiger partial charge in [0.05, 0.1) is 0 Å². The van der Waals surface area contributed by atoms with Crippen molar-refractivity contribution in [2.45, 2.75) is 19.4 Å². The van der Waals surface area contributed by atoms with Crippen molar-refractivity contribution >= 4 is 38.2 Å². The summed E-state index contributed by atoms with van der Waals surface area (Å²) in [7, 11) is 1.55. The summed E-state index contributed by atoms with van der Waals surface area (Å²) in [6.45, 7) is 2.24. The predicted octanol–water partition coefficient (Wildman–Crippen LogP) is 4.14. The van der Waals surface area contributed by atoms with Crippen LogP contribution < -0.4 is 5.32 Å². The molecule has 0 aliphatic rings. The van der Waals surface area contributed by atoms with Crippen molar-refractivity contribution < 1.29 is 14.3 Å². The molecular formula is C25H23N2O3Se. The molecule has 0 saturated heterocycles. The van der Waals surface area contributed by atoms with Gasteiger partial charge in [-0.15, -0.1) is 0 Å². The quantitative estimate of drug-likeness (QED) is 0.240. The van der Waals surface area contributed by atoms with E-state index in [-0.39, 0.29) is 17.6 Å². The number of carbonyl (C=O) groups is 2. The third-order valence-electron chi connectivity index (χ3n) is 4.88. The summed E-state index contributed by atoms with van der Waals surface area (Å²) >= 11 is 2.73. The van der Waals surface area contributed by atoms with Gasteiger partial charge in [0.15, 0.2) is 5.78 Å². The fourth-order valence-electron chi connectivity index (χ4n) is 3.04. The molecule has 0 spiro atoms. The topological polar surface area (TPSA) is 67.8 Å². The van der Waals surface area contributed by atoms with E-state index in [1.165, 1.54) is 0 Å². The number of hydrogen-bond donors (Lipinski definition) is 1. The molecule has 0 aliphatic carbocycles. The number of amides is 1. The second kappa shape index (κ2) is 10.7. The Kier molecular flexibility index (Phi) is 7.76. The monoisotopic (exact) mass is 479 g/mol. The summed E-state index contributed by atoms with van der Waals surface area (Å²) < 4.78 is 5.00. The molecule has 3 aromatic carbocycles. The summed E-state index contributed by atoms with van der Waals surface area (Å²) in [5, 5.41) is 2.96. The zero-order valence-corrected chi connectivity index (χ0v) is 19.1. The van der Waals surface area contributed by atoms with Crippen molar-refractivity contribution in [1.29, 1.82) is 0 Å². The van der Waals surface area contributed by atoms with Crippen LogP contribution in [0.25, 0.3) is 0 Å². The molecule has 3 rings (SSSR count). The molecule has 0 aromatic heterocycles. The van der Waals surface area contributed by atoms with Gasteiger partial charge in [-0.3, -0.25) is 4.79 Å². The molecule has 1 unspecified atom stereocenters. The number of methoxy groups -OCH3 is 1. The molecule has 1 amide bonds. The summed E-state index contributed by atoms with van der Waals surface area (Å²) in [5.74, 6) is -0.539. The van der Waals surface area contributed by atoms with Gasteiger partial charge < -0.3 is 0 Å². The number of rotatable bonds is 7. The first-order valence-corrected chi connectivity index (χ1v) is 10.7. The Bertz CT molecular complexity index is 1080. The van der Waals surface area contributed by atoms with Gasteiger partial charge >= 0.3 is 126 Å². The Hall–Kier alpha value is -3.21. The maximum absolute atomic E-state index is 12.7. The minimum absolute atomic E-state index is 0.0564. The Morgan fingerprint density at radius 3 is 2.32 bits per heavy atom. The average Bonchev–Trinajstić information content (AvgIpc) is 2.83. The van der Waals surface area contributed by atoms with Gasteiger partial charge in [0, 0.05) is 11.1 Å². The third-order valence-corrected chi connectivity index (χ3v) is 5.42. The number of ketones is 1. The fraction of sp³-hybridized carbons (Fsp3) is 0.160. The van der Waals surface area contributed by atoms with Crippen molar-refractivity contribution in [3.05, 3.63) is 101 Å². The van der Waals surface area contributed by atoms with Gasteiger partial charge in [-0.2, -0.15) is 0 Å². The van der Waals surface area contributed by atoms with Crippen molar-refractivity contribution in [3.63, 3.8) is 0 Å². The van der Waals surface area contributed by atoms with Crippen molar-refractivity contribution in [3.8, 4) is 0 Å². The zero-order chi connectivity index (χ0) is 22.2. The van der Waals surface area contributed by atoms with Crippen LogP contribution in [-0.4, -0.2) is 39.6 Å². The van der Waals surface area contributed by atoms with Crippen molar-refractivity contribution in [2.75, 3.05) is 7.11 Å². The van der Waals surface area contributed by atoms with E-state index in [4.69, 9.17) is 4.74 Å². The molecule has 0 fully saturated rings. The number of nitrogens with one attached hydrogen (secondary N) is 1. The predicted molar refractivity (Wildman–Crippen MR) is 123 cm³/mol. The molecule has 5 nitrogen and oxygen atoms in total. The van der Waals surface area contributed by atoms with Gasteiger partial charge in [-0.25, -0.2) is 0 Å². The maximum atomic E-state index is 12.7. The van der Waals surface area contributed by atoms with E-state index in [2.05, 4.69) is 26.3 Å². The first-order chi connectivity index (χ1) is 15.0. The van der Waals surface area contributed by atoms with E-state index in [1.807, 2.05) is 61.5 Å². The second-order valence-electron chi connectivity index (χ2n) is 7.01. The molecule has 31 heavy (non-hydrogen) atoms. The summed E-state index contributed by atoms with van der Waals surface area (Å²) in [6, 6.07) is 23.9. The van der Waals surface area contributed by atoms with E-state index in [0.29, 0.717) is 22.5 Å². The number of hydrogen-bond acceptors (Lipinski definition) is 4. The van der Waals surface area contributed by atoms with Crippen molar-refractivity contribution in [2.24, 2.45) is 4.99 Å². The average molecular weight is 478 g/mol. The molecule has 0 saturated carbocycles. The number of aliphatic imine (C=N–C) groups is 1. The Morgan fingerprint density at radius 2 is 1.65 bits per heavy atom. The molecule has 3 aromatic rings. The minimum atomic E-state index is -0.382. The van der Waals surface area contributed by atoms with Crippen LogP contribution in [0.15, 0.2) is 83.9 Å². The van der Waals surface area contributed by atoms with Crippen LogP contribution in [0, 0.1) is 0 Å². The van der Waals surface area contributed by atoms with Crippen LogP contribution in [-0.2, 0) is 16.1 Å². The molecule has 0 heterocycles. The number of nitrogens with zero attached hydrogens (tertiary/aromatic N) is 1. The summed E-state index contributed by atoms with van der Waals surface area (Å²) in [5.41, 5.74) is 3.73. The van der Waals surface area contributed by atoms with Gasteiger partial charge in [0.2, 0.25) is 0 Å². The van der Waals surface area contributed by atoms with Crippen LogP contribution >= 0.6 is 0 Å². The molecule has 1 radical (unpaired) electrons. The molecular weight excluding hydrogens is 455 g/mol. The molecule has 0 aliphatic heterocycles. The standard InChI is InChI=1S/C25H23N2O3Se/c1-17(20-9-6-10-21(15-20)23(28)19-7-4-3-5-8-19)24(29)26-16-18-11-13-22(14-12-18)27-25(31)30-2/h3-15,17H,16H2,1-2H3,(H,26,29). The van der Waals surface area contributed by atoms with Crippen LogP contribution in [0.1, 0.15) is 39.9 Å². The van der Waals surface area contributed by atoms with Crippen LogP contribution in [0.5, 0.6) is 0 Å². The van der Waals surface area contributed by atoms with E-state index in [1.54, 1.807) is 31.4 Å². The van der Waals surface area contributed by atoms with Gasteiger partial charge in [0.1, 0.15) is 0 Å². The van der Waals surface area contributed by atoms with Crippen molar-refractivity contribution in [1.82, 2.24) is 5.32 Å². The number of ether oxygens (including phenoxy) is 1. The Balaban J connectivity index is 1.63. The first-order valence-electron chi connectivity index (χ1n) is 9.84. The Morgan fingerprint density at radius 1 is 0.968 bits per heavy atom. The van der Waals surface area contributed by atoms with E-state index in [0.717, 1.165) is 16.8 Å². The molecule has 157 valence electrons. The van der Waals surface area contributed by atoms with Crippen LogP contribution in [0.4, 0.5) is 5.69 Å². The molecule has 0 bridgehead atoms. The van der Waals surface area contributed by atoms with Gasteiger partial charge in [-0.05, 0) is 0 Å². The van der Waals surface area contributed by atoms with Crippen LogP contribution in [0.3, 0.4) is 0 Å². The molecule has 1 atom stereocenters.